The molecule has 0 aliphatic heterocycles. The van der Waals surface area contributed by atoms with Crippen LogP contribution in [-0.4, -0.2) is 22.1 Å². The van der Waals surface area contributed by atoms with Gasteiger partial charge >= 0.3 is 5.97 Å². The molecule has 3 fully saturated rings. The van der Waals surface area contributed by atoms with Gasteiger partial charge in [-0.15, -0.1) is 11.3 Å². The molecule has 1 amide bonds. The van der Waals surface area contributed by atoms with Crippen molar-refractivity contribution >= 4 is 33.3 Å². The number of rotatable bonds is 7. The van der Waals surface area contributed by atoms with Crippen LogP contribution in [0.4, 0.5) is 0 Å². The van der Waals surface area contributed by atoms with Gasteiger partial charge in [-0.1, -0.05) is 31.9 Å². The smallest absolute Gasteiger partial charge is 0.303 e. The van der Waals surface area contributed by atoms with Gasteiger partial charge in [-0.3, -0.25) is 14.9 Å². The van der Waals surface area contributed by atoms with Crippen LogP contribution in [0.2, 0.25) is 0 Å². The van der Waals surface area contributed by atoms with E-state index in [1.165, 1.54) is 17.8 Å². The first-order chi connectivity index (χ1) is 15.8. The Bertz CT molecular complexity index is 1140. The van der Waals surface area contributed by atoms with Gasteiger partial charge in [0.2, 0.25) is 0 Å². The van der Waals surface area contributed by atoms with Gasteiger partial charge in [0.25, 0.3) is 5.91 Å². The van der Waals surface area contributed by atoms with Crippen LogP contribution in [0, 0.1) is 41.1 Å². The summed E-state index contributed by atoms with van der Waals surface area (Å²) in [6.45, 7) is 4.67. The van der Waals surface area contributed by atoms with Gasteiger partial charge in [-0.25, -0.2) is 0 Å². The zero-order valence-corrected chi connectivity index (χ0v) is 20.0. The Morgan fingerprint density at radius 3 is 2.85 bits per heavy atom. The van der Waals surface area contributed by atoms with Crippen molar-refractivity contribution in [2.75, 3.05) is 0 Å². The summed E-state index contributed by atoms with van der Waals surface area (Å²) in [5.41, 5.74) is 0.820. The highest BCUT2D eigenvalue weighted by atomic mass is 32.1. The Hall–Kier alpha value is -2.78. The van der Waals surface area contributed by atoms with Crippen LogP contribution in [0.1, 0.15) is 62.7 Å². The zero-order chi connectivity index (χ0) is 23.6. The van der Waals surface area contributed by atoms with Crippen molar-refractivity contribution in [3.8, 4) is 17.7 Å². The summed E-state index contributed by atoms with van der Waals surface area (Å²) in [5.74, 6) is 4.50. The van der Waals surface area contributed by atoms with E-state index in [4.69, 9.17) is 5.11 Å². The summed E-state index contributed by atoms with van der Waals surface area (Å²) >= 11 is 1.48. The molecule has 2 bridgehead atoms. The molecule has 5 nitrogen and oxygen atoms in total. The van der Waals surface area contributed by atoms with Gasteiger partial charge in [-0.2, -0.15) is 0 Å². The Balaban J connectivity index is 1.41. The molecule has 0 radical (unpaired) electrons. The number of phenols is 1. The van der Waals surface area contributed by atoms with Gasteiger partial charge in [0.15, 0.2) is 0 Å². The van der Waals surface area contributed by atoms with Crippen LogP contribution in [0.5, 0.6) is 5.75 Å². The number of allylic oxidation sites excluding steroid dienone is 2. The van der Waals surface area contributed by atoms with Crippen LogP contribution in [0.25, 0.3) is 10.1 Å². The molecule has 3 aliphatic rings. The topological polar surface area (TPSA) is 86.6 Å². The number of nitrogens with one attached hydrogen (secondary N) is 1. The number of hydrogen-bond acceptors (Lipinski definition) is 4. The van der Waals surface area contributed by atoms with Crippen LogP contribution in [0.3, 0.4) is 0 Å². The van der Waals surface area contributed by atoms with Crippen molar-refractivity contribution in [3.63, 3.8) is 0 Å². The van der Waals surface area contributed by atoms with Gasteiger partial charge in [-0.05, 0) is 73.5 Å². The molecule has 1 aromatic carbocycles. The second kappa shape index (κ2) is 9.61. The summed E-state index contributed by atoms with van der Waals surface area (Å²) in [6.07, 6.45) is 9.22. The highest BCUT2D eigenvalue weighted by molar-refractivity contribution is 7.17. The van der Waals surface area contributed by atoms with E-state index in [-0.39, 0.29) is 29.4 Å². The second-order valence-electron chi connectivity index (χ2n) is 9.93. The van der Waals surface area contributed by atoms with E-state index in [0.717, 1.165) is 35.3 Å². The number of thiophene rings is 1. The lowest BCUT2D eigenvalue weighted by molar-refractivity contribution is -0.137. The van der Waals surface area contributed by atoms with E-state index in [1.54, 1.807) is 17.5 Å². The van der Waals surface area contributed by atoms with Crippen molar-refractivity contribution < 1.29 is 19.8 Å². The fourth-order valence-corrected chi connectivity index (χ4v) is 6.49. The first-order valence-electron chi connectivity index (χ1n) is 11.6. The second-order valence-corrected chi connectivity index (χ2v) is 10.8. The lowest BCUT2D eigenvalue weighted by Crippen LogP contribution is -2.55. The third-order valence-corrected chi connectivity index (χ3v) is 8.62. The number of benzene rings is 1. The van der Waals surface area contributed by atoms with E-state index in [0.29, 0.717) is 23.8 Å². The Morgan fingerprint density at radius 1 is 1.27 bits per heavy atom. The van der Waals surface area contributed by atoms with Gasteiger partial charge in [0.05, 0.1) is 5.56 Å². The monoisotopic (exact) mass is 465 g/mol. The van der Waals surface area contributed by atoms with Crippen molar-refractivity contribution in [3.05, 3.63) is 41.3 Å². The standard InChI is InChI=1S/C27H31NO4S/c1-27(2)18-13-17(7-5-3-4-6-8-25(30)31)20(23(27)14-18)11-12-28-26(32)22-16-33-24-10-9-19(29)15-21(22)24/h3,5,9-10,15-18,20,23,29H,4,6-8,13-14H2,1-2H3,(H,28,32)(H,30,31)/b5-3-/t17-,18-,20?,23-/m0/s1. The zero-order valence-electron chi connectivity index (χ0n) is 19.1. The number of aromatic hydroxyl groups is 1. The largest absolute Gasteiger partial charge is 0.508 e. The lowest BCUT2D eigenvalue weighted by Gasteiger charge is -2.61. The van der Waals surface area contributed by atoms with E-state index in [9.17, 15) is 14.7 Å². The number of aliphatic carboxylic acids is 1. The van der Waals surface area contributed by atoms with Crippen molar-refractivity contribution in [2.24, 2.45) is 29.1 Å². The SMILES string of the molecule is CC1(C)[C@H]2C[C@H](C/C=C\CCCC(=O)O)C(C#CNC(=O)c3csc4ccc(O)cc34)[C@@H]1C2. The maximum Gasteiger partial charge on any atom is 0.303 e. The van der Waals surface area contributed by atoms with Gasteiger partial charge in [0, 0.05) is 33.8 Å². The van der Waals surface area contributed by atoms with Crippen LogP contribution < -0.4 is 5.32 Å². The number of unbranched alkanes of at least 4 members (excludes halogenated alkanes) is 1. The number of carboxylic acid groups (broad SMARTS) is 1. The molecule has 5 rings (SSSR count). The van der Waals surface area contributed by atoms with E-state index in [2.05, 4.69) is 43.3 Å². The summed E-state index contributed by atoms with van der Waals surface area (Å²) in [6, 6.07) is 8.02. The predicted octanol–water partition coefficient (Wildman–Crippen LogP) is 5.80. The number of carboxylic acids is 1. The summed E-state index contributed by atoms with van der Waals surface area (Å²) < 4.78 is 0.954. The number of hydrogen-bond donors (Lipinski definition) is 3. The molecule has 33 heavy (non-hydrogen) atoms. The number of phenolic OH excluding ortho intramolecular Hbond substituents is 1. The molecule has 3 N–H and O–H groups in total. The molecule has 4 atom stereocenters. The van der Waals surface area contributed by atoms with Crippen molar-refractivity contribution in [1.82, 2.24) is 5.32 Å². The minimum atomic E-state index is -0.748. The molecule has 1 heterocycles. The summed E-state index contributed by atoms with van der Waals surface area (Å²) in [5, 5.41) is 23.8. The molecule has 0 spiro atoms. The Labute approximate surface area is 198 Å². The third-order valence-electron chi connectivity index (χ3n) is 7.66. The maximum atomic E-state index is 12.8. The van der Waals surface area contributed by atoms with Gasteiger partial charge < -0.3 is 10.2 Å². The van der Waals surface area contributed by atoms with Crippen LogP contribution in [-0.2, 0) is 4.79 Å². The average molecular weight is 466 g/mol. The van der Waals surface area contributed by atoms with Gasteiger partial charge in [0.1, 0.15) is 5.75 Å². The first kappa shape index (κ1) is 23.4. The molecule has 3 saturated carbocycles. The number of carbonyl (C=O) groups excluding carboxylic acids is 1. The quantitative estimate of drug-likeness (QED) is 0.209. The molecule has 3 aliphatic carbocycles. The molecule has 6 heteroatoms. The molecular formula is C27H31NO4S. The molecule has 2 aromatic rings. The fraction of sp³-hybridized carbons (Fsp3) is 0.481. The predicted molar refractivity (Wildman–Crippen MR) is 131 cm³/mol. The average Bonchev–Trinajstić information content (AvgIpc) is 3.19. The number of carbonyl (C=O) groups is 2. The highest BCUT2D eigenvalue weighted by Crippen LogP contribution is 2.63. The Kier molecular flexibility index (Phi) is 6.81. The van der Waals surface area contributed by atoms with Crippen molar-refractivity contribution in [1.29, 1.82) is 0 Å². The van der Waals surface area contributed by atoms with E-state index >= 15 is 0 Å². The molecule has 1 aromatic heterocycles. The molecule has 0 saturated heterocycles. The van der Waals surface area contributed by atoms with Crippen molar-refractivity contribution in [2.45, 2.75) is 52.4 Å². The van der Waals surface area contributed by atoms with E-state index in [1.807, 2.05) is 6.07 Å². The van der Waals surface area contributed by atoms with E-state index < -0.39 is 5.97 Å². The third kappa shape index (κ3) is 4.94. The molecule has 174 valence electrons. The fourth-order valence-electron chi connectivity index (χ4n) is 5.56. The lowest BCUT2D eigenvalue weighted by atomic mass is 9.43. The highest BCUT2D eigenvalue weighted by Gasteiger charge is 2.56. The summed E-state index contributed by atoms with van der Waals surface area (Å²) in [4.78, 5) is 23.4. The first-order valence-corrected chi connectivity index (χ1v) is 12.5. The Morgan fingerprint density at radius 2 is 2.09 bits per heavy atom. The minimum absolute atomic E-state index is 0.142. The maximum absolute atomic E-state index is 12.8. The number of amides is 1. The normalized spacial score (nSPS) is 25.3. The molecule has 1 unspecified atom stereocenters. The van der Waals surface area contributed by atoms with Crippen LogP contribution >= 0.6 is 11.3 Å². The van der Waals surface area contributed by atoms with Crippen LogP contribution in [0.15, 0.2) is 35.7 Å². The molecular weight excluding hydrogens is 434 g/mol. The summed E-state index contributed by atoms with van der Waals surface area (Å²) in [7, 11) is 0. The number of fused-ring (bicyclic) bond motifs is 3. The minimum Gasteiger partial charge on any atom is -0.508 e.